The molecule has 0 aliphatic heterocycles. The van der Waals surface area contributed by atoms with Crippen molar-refractivity contribution in [3.63, 3.8) is 0 Å². The Morgan fingerprint density at radius 2 is 1.67 bits per heavy atom. The highest BCUT2D eigenvalue weighted by Crippen LogP contribution is 2.32. The molecule has 1 aromatic rings. The second kappa shape index (κ2) is 11.3. The lowest BCUT2D eigenvalue weighted by Crippen LogP contribution is -2.13. The molecule has 0 N–H and O–H groups in total. The predicted molar refractivity (Wildman–Crippen MR) is 104 cm³/mol. The number of aryl methyl sites for hydroxylation is 1. The summed E-state index contributed by atoms with van der Waals surface area (Å²) in [5.74, 6) is 1.78. The van der Waals surface area contributed by atoms with Crippen LogP contribution in [0.15, 0.2) is 48.6 Å². The van der Waals surface area contributed by atoms with E-state index in [0.717, 1.165) is 31.5 Å². The number of hydrogen-bond donors (Lipinski definition) is 0. The lowest BCUT2D eigenvalue weighted by molar-refractivity contribution is 0.125. The molecule has 0 bridgehead atoms. The van der Waals surface area contributed by atoms with E-state index < -0.39 is 0 Å². The van der Waals surface area contributed by atoms with Gasteiger partial charge in [0.05, 0.1) is 13.2 Å². The van der Waals surface area contributed by atoms with Crippen LogP contribution in [0.4, 0.5) is 0 Å². The van der Waals surface area contributed by atoms with Gasteiger partial charge < -0.3 is 4.74 Å². The molecule has 0 aromatic heterocycles. The minimum Gasteiger partial charge on any atom is -0.376 e. The third-order valence-electron chi connectivity index (χ3n) is 5.15. The first-order valence-corrected chi connectivity index (χ1v) is 9.71. The molecule has 1 aromatic carbocycles. The van der Waals surface area contributed by atoms with Gasteiger partial charge in [0.1, 0.15) is 0 Å². The van der Waals surface area contributed by atoms with E-state index in [4.69, 9.17) is 4.74 Å². The molecule has 0 unspecified atom stereocenters. The fourth-order valence-electron chi connectivity index (χ4n) is 3.62. The second-order valence-corrected chi connectivity index (χ2v) is 7.07. The van der Waals surface area contributed by atoms with Gasteiger partial charge in [-0.25, -0.2) is 0 Å². The number of hydrogen-bond acceptors (Lipinski definition) is 1. The third kappa shape index (κ3) is 7.05. The predicted octanol–water partition coefficient (Wildman–Crippen LogP) is 6.48. The van der Waals surface area contributed by atoms with E-state index in [9.17, 15) is 0 Å². The summed E-state index contributed by atoms with van der Waals surface area (Å²) in [6, 6.07) is 9.04. The Bertz CT molecular complexity index is 489. The van der Waals surface area contributed by atoms with Gasteiger partial charge in [0.25, 0.3) is 0 Å². The van der Waals surface area contributed by atoms with Crippen molar-refractivity contribution in [2.45, 2.75) is 65.4 Å². The van der Waals surface area contributed by atoms with Crippen molar-refractivity contribution in [2.24, 2.45) is 11.8 Å². The minimum atomic E-state index is 0.729. The van der Waals surface area contributed by atoms with Crippen molar-refractivity contribution >= 4 is 0 Å². The van der Waals surface area contributed by atoms with Crippen molar-refractivity contribution in [3.05, 3.63) is 59.7 Å². The number of rotatable bonds is 9. The van der Waals surface area contributed by atoms with Crippen molar-refractivity contribution in [1.82, 2.24) is 0 Å². The summed E-state index contributed by atoms with van der Waals surface area (Å²) in [4.78, 5) is 0. The molecule has 1 heteroatoms. The molecule has 0 radical (unpaired) electrons. The maximum absolute atomic E-state index is 5.69. The quantitative estimate of drug-likeness (QED) is 0.372. The van der Waals surface area contributed by atoms with Crippen LogP contribution in [0.25, 0.3) is 0 Å². The molecule has 1 nitrogen and oxygen atoms in total. The maximum Gasteiger partial charge on any atom is 0.0717 e. The zero-order valence-electron chi connectivity index (χ0n) is 15.5. The molecule has 1 saturated carbocycles. The van der Waals surface area contributed by atoms with Crippen LogP contribution in [-0.4, -0.2) is 6.61 Å². The van der Waals surface area contributed by atoms with Crippen LogP contribution in [-0.2, 0) is 17.8 Å². The monoisotopic (exact) mass is 326 g/mol. The average Bonchev–Trinajstić information content (AvgIpc) is 2.62. The van der Waals surface area contributed by atoms with E-state index in [2.05, 4.69) is 55.5 Å². The van der Waals surface area contributed by atoms with Gasteiger partial charge in [-0.1, -0.05) is 48.6 Å². The first kappa shape index (κ1) is 19.0. The van der Waals surface area contributed by atoms with E-state index in [1.807, 2.05) is 6.92 Å². The first-order valence-electron chi connectivity index (χ1n) is 9.71. The summed E-state index contributed by atoms with van der Waals surface area (Å²) in [5, 5.41) is 0. The van der Waals surface area contributed by atoms with E-state index in [0.29, 0.717) is 0 Å². The van der Waals surface area contributed by atoms with Crippen molar-refractivity contribution < 1.29 is 4.74 Å². The van der Waals surface area contributed by atoms with E-state index >= 15 is 0 Å². The summed E-state index contributed by atoms with van der Waals surface area (Å²) in [5.41, 5.74) is 2.76. The lowest BCUT2D eigenvalue weighted by Gasteiger charge is -2.26. The number of allylic oxidation sites excluding steroid dienone is 3. The number of ether oxygens (including phenoxy) is 1. The van der Waals surface area contributed by atoms with Gasteiger partial charge in [0.2, 0.25) is 0 Å². The molecule has 0 spiro atoms. The fourth-order valence-corrected chi connectivity index (χ4v) is 3.62. The van der Waals surface area contributed by atoms with Crippen LogP contribution in [0.3, 0.4) is 0 Å². The molecule has 0 saturated heterocycles. The van der Waals surface area contributed by atoms with Gasteiger partial charge in [-0.2, -0.15) is 0 Å². The highest BCUT2D eigenvalue weighted by Gasteiger charge is 2.18. The molecule has 1 fully saturated rings. The normalized spacial score (nSPS) is 21.8. The average molecular weight is 327 g/mol. The van der Waals surface area contributed by atoms with Crippen LogP contribution in [0.5, 0.6) is 0 Å². The zero-order chi connectivity index (χ0) is 17.0. The zero-order valence-corrected chi connectivity index (χ0v) is 15.5. The molecule has 24 heavy (non-hydrogen) atoms. The molecule has 0 heterocycles. The number of benzene rings is 1. The van der Waals surface area contributed by atoms with Crippen LogP contribution >= 0.6 is 0 Å². The van der Waals surface area contributed by atoms with Gasteiger partial charge in [0.15, 0.2) is 0 Å². The van der Waals surface area contributed by atoms with E-state index in [-0.39, 0.29) is 0 Å². The molecule has 2 rings (SSSR count). The summed E-state index contributed by atoms with van der Waals surface area (Å²) < 4.78 is 5.69. The van der Waals surface area contributed by atoms with Gasteiger partial charge >= 0.3 is 0 Å². The fraction of sp³-hybridized carbons (Fsp3) is 0.565. The Morgan fingerprint density at radius 1 is 0.958 bits per heavy atom. The van der Waals surface area contributed by atoms with Crippen LogP contribution in [0, 0.1) is 11.8 Å². The van der Waals surface area contributed by atoms with Crippen LogP contribution in [0.2, 0.25) is 0 Å². The Labute approximate surface area is 148 Å². The first-order chi connectivity index (χ1) is 11.8. The maximum atomic E-state index is 5.69. The van der Waals surface area contributed by atoms with Gasteiger partial charge in [-0.05, 0) is 81.8 Å². The highest BCUT2D eigenvalue weighted by molar-refractivity contribution is 5.22. The molecule has 0 amide bonds. The highest BCUT2D eigenvalue weighted by atomic mass is 16.5. The standard InChI is InChI=1S/C23H34O/c1-3-5-6-18-24-19-23-16-14-22(15-17-23)13-12-21-10-8-20(7-4-2)9-11-21/h3-5,7,14-17,20-21H,6,8-13,18-19H2,1-2H3/b5-3+,7-4-. The van der Waals surface area contributed by atoms with Gasteiger partial charge in [0, 0.05) is 0 Å². The van der Waals surface area contributed by atoms with Crippen LogP contribution in [0.1, 0.15) is 63.5 Å². The van der Waals surface area contributed by atoms with Crippen molar-refractivity contribution in [3.8, 4) is 0 Å². The molecule has 132 valence electrons. The molecule has 1 aliphatic carbocycles. The summed E-state index contributed by atoms with van der Waals surface area (Å²) in [7, 11) is 0. The Kier molecular flexibility index (Phi) is 8.91. The minimum absolute atomic E-state index is 0.729. The summed E-state index contributed by atoms with van der Waals surface area (Å²) >= 11 is 0. The molecular formula is C23H34O. The van der Waals surface area contributed by atoms with E-state index in [1.54, 1.807) is 0 Å². The smallest absolute Gasteiger partial charge is 0.0717 e. The second-order valence-electron chi connectivity index (χ2n) is 7.07. The largest absolute Gasteiger partial charge is 0.376 e. The Balaban J connectivity index is 1.65. The van der Waals surface area contributed by atoms with Gasteiger partial charge in [-0.15, -0.1) is 0 Å². The lowest BCUT2D eigenvalue weighted by atomic mass is 9.79. The topological polar surface area (TPSA) is 9.23 Å². The SMILES string of the molecule is C/C=C\C1CCC(CCc2ccc(COCC/C=C/C)cc2)CC1. The van der Waals surface area contributed by atoms with Gasteiger partial charge in [-0.3, -0.25) is 0 Å². The van der Waals surface area contributed by atoms with Crippen LogP contribution < -0.4 is 0 Å². The molecule has 1 aliphatic rings. The van der Waals surface area contributed by atoms with Crippen molar-refractivity contribution in [1.29, 1.82) is 0 Å². The molecular weight excluding hydrogens is 292 g/mol. The summed E-state index contributed by atoms with van der Waals surface area (Å²) in [6.07, 6.45) is 18.0. The Hall–Kier alpha value is -1.34. The molecule has 0 atom stereocenters. The Morgan fingerprint density at radius 3 is 2.33 bits per heavy atom. The summed E-state index contributed by atoms with van der Waals surface area (Å²) in [6.45, 7) is 5.73. The van der Waals surface area contributed by atoms with E-state index in [1.165, 1.54) is 49.7 Å². The van der Waals surface area contributed by atoms with Crippen molar-refractivity contribution in [2.75, 3.05) is 6.61 Å². The third-order valence-corrected chi connectivity index (χ3v) is 5.15.